The van der Waals surface area contributed by atoms with E-state index in [1.54, 1.807) is 0 Å². The third-order valence-electron chi connectivity index (χ3n) is 6.73. The number of benzene rings is 1. The van der Waals surface area contributed by atoms with Gasteiger partial charge in [0.2, 0.25) is 0 Å². The van der Waals surface area contributed by atoms with Crippen LogP contribution >= 0.6 is 0 Å². The van der Waals surface area contributed by atoms with Crippen molar-refractivity contribution < 1.29 is 18.3 Å². The van der Waals surface area contributed by atoms with Crippen molar-refractivity contribution in [2.75, 3.05) is 0 Å². The van der Waals surface area contributed by atoms with Gasteiger partial charge in [-0.05, 0) is 99.8 Å². The molecule has 0 unspecified atom stereocenters. The first-order valence-electron chi connectivity index (χ1n) is 11.2. The van der Waals surface area contributed by atoms with E-state index in [-0.39, 0.29) is 29.5 Å². The molecule has 0 atom stereocenters. The smallest absolute Gasteiger partial charge is 0.309 e. The summed E-state index contributed by atoms with van der Waals surface area (Å²) in [5, 5.41) is 17.3. The van der Waals surface area contributed by atoms with Crippen LogP contribution in [0, 0.1) is 40.3 Å². The highest BCUT2D eigenvalue weighted by molar-refractivity contribution is 5.72. The maximum absolute atomic E-state index is 13.9. The van der Waals surface area contributed by atoms with E-state index in [0.717, 1.165) is 63.4 Å². The fraction of sp³-hybridized carbons (Fsp3) is 0.560. The second-order valence-electron chi connectivity index (χ2n) is 8.72. The minimum absolute atomic E-state index is 0.0619. The van der Waals surface area contributed by atoms with Gasteiger partial charge in [-0.15, -0.1) is 0 Å². The number of carbonyl (C=O) groups excluding carboxylic acids is 1. The molecule has 0 spiro atoms. The Morgan fingerprint density at radius 2 is 1.81 bits per heavy atom. The van der Waals surface area contributed by atoms with Gasteiger partial charge in [-0.25, -0.2) is 4.39 Å². The molecule has 0 bridgehead atoms. The van der Waals surface area contributed by atoms with E-state index in [1.165, 1.54) is 24.3 Å². The van der Waals surface area contributed by atoms with Crippen LogP contribution in [0.4, 0.5) is 8.78 Å². The van der Waals surface area contributed by atoms with Gasteiger partial charge in [0.25, 0.3) is 0 Å². The zero-order valence-electron chi connectivity index (χ0n) is 17.7. The summed E-state index contributed by atoms with van der Waals surface area (Å²) in [4.78, 5) is 12.6. The highest BCUT2D eigenvalue weighted by Crippen LogP contribution is 2.36. The molecule has 2 fully saturated rings. The molecule has 4 nitrogen and oxygen atoms in total. The third-order valence-corrected chi connectivity index (χ3v) is 6.73. The van der Waals surface area contributed by atoms with E-state index in [9.17, 15) is 13.6 Å². The molecule has 0 N–H and O–H groups in total. The van der Waals surface area contributed by atoms with Crippen molar-refractivity contribution in [3.05, 3.63) is 47.0 Å². The topological polar surface area (TPSA) is 73.9 Å². The van der Waals surface area contributed by atoms with Crippen LogP contribution in [-0.2, 0) is 9.53 Å². The summed E-state index contributed by atoms with van der Waals surface area (Å²) in [7, 11) is 0. The number of hydrogen-bond donors (Lipinski definition) is 0. The Morgan fingerprint density at radius 3 is 2.42 bits per heavy atom. The number of halogens is 2. The predicted octanol–water partition coefficient (Wildman–Crippen LogP) is 6.23. The lowest BCUT2D eigenvalue weighted by Gasteiger charge is -2.31. The van der Waals surface area contributed by atoms with Gasteiger partial charge in [0.1, 0.15) is 24.1 Å². The van der Waals surface area contributed by atoms with Gasteiger partial charge in [0.05, 0.1) is 11.5 Å². The largest absolute Gasteiger partial charge is 0.462 e. The number of nitriles is 2. The number of carbonyl (C=O) groups is 1. The fourth-order valence-electron chi connectivity index (χ4n) is 4.83. The minimum Gasteiger partial charge on any atom is -0.462 e. The number of rotatable bonds is 6. The van der Waals surface area contributed by atoms with Gasteiger partial charge in [0, 0.05) is 0 Å². The van der Waals surface area contributed by atoms with Gasteiger partial charge in [-0.1, -0.05) is 6.07 Å². The summed E-state index contributed by atoms with van der Waals surface area (Å²) >= 11 is 0. The van der Waals surface area contributed by atoms with Crippen molar-refractivity contribution in [3.8, 4) is 12.1 Å². The van der Waals surface area contributed by atoms with E-state index in [4.69, 9.17) is 15.3 Å². The van der Waals surface area contributed by atoms with Crippen molar-refractivity contribution in [2.45, 2.75) is 76.2 Å². The third kappa shape index (κ3) is 6.37. The number of esters is 1. The van der Waals surface area contributed by atoms with Crippen LogP contribution in [0.25, 0.3) is 0 Å². The molecule has 6 heteroatoms. The predicted molar refractivity (Wildman–Crippen MR) is 112 cm³/mol. The van der Waals surface area contributed by atoms with Crippen molar-refractivity contribution in [3.63, 3.8) is 0 Å². The van der Waals surface area contributed by atoms with Crippen molar-refractivity contribution in [1.82, 2.24) is 0 Å². The fourth-order valence-corrected chi connectivity index (χ4v) is 4.83. The van der Waals surface area contributed by atoms with E-state index in [0.29, 0.717) is 12.3 Å². The van der Waals surface area contributed by atoms with Crippen molar-refractivity contribution in [2.24, 2.45) is 11.8 Å². The summed E-state index contributed by atoms with van der Waals surface area (Å²) in [5.74, 6) is -0.677. The monoisotopic (exact) mass is 426 g/mol. The first-order chi connectivity index (χ1) is 15.0. The molecule has 0 amide bonds. The first-order valence-corrected chi connectivity index (χ1v) is 11.2. The summed E-state index contributed by atoms with van der Waals surface area (Å²) in [5.41, 5.74) is 0.968. The molecule has 2 aliphatic carbocycles. The molecule has 0 aliphatic heterocycles. The van der Waals surface area contributed by atoms with Crippen LogP contribution < -0.4 is 0 Å². The Bertz CT molecular complexity index is 884. The van der Waals surface area contributed by atoms with Gasteiger partial charge in [-0.2, -0.15) is 14.9 Å². The summed E-state index contributed by atoms with van der Waals surface area (Å²) in [6.07, 6.45) is 9.33. The molecule has 164 valence electrons. The Labute approximate surface area is 182 Å². The lowest BCUT2D eigenvalue weighted by Crippen LogP contribution is -2.29. The highest BCUT2D eigenvalue weighted by atomic mass is 19.1. The van der Waals surface area contributed by atoms with E-state index < -0.39 is 11.6 Å². The van der Waals surface area contributed by atoms with Gasteiger partial charge in [0.15, 0.2) is 5.83 Å². The molecular formula is C25H28F2N2O2. The van der Waals surface area contributed by atoms with E-state index >= 15 is 0 Å². The molecule has 0 heterocycles. The standard InChI is InChI=1S/C25H28F2N2O2/c26-22(16-29)3-1-2-17-4-6-19(7-5-17)25(30)31-23-12-10-18(11-13-23)20-8-9-21(15-28)24(27)14-20/h3,8-9,14,17-19,23H,1-2,4-7,10-13H2/t17-,18-,19-,23-. The quantitative estimate of drug-likeness (QED) is 0.399. The van der Waals surface area contributed by atoms with Crippen molar-refractivity contribution in [1.29, 1.82) is 10.5 Å². The molecule has 2 saturated carbocycles. The van der Waals surface area contributed by atoms with Crippen LogP contribution in [0.3, 0.4) is 0 Å². The second kappa shape index (κ2) is 11.0. The van der Waals surface area contributed by atoms with Gasteiger partial charge in [-0.3, -0.25) is 4.79 Å². The summed E-state index contributed by atoms with van der Waals surface area (Å²) in [6.45, 7) is 0. The molecule has 3 rings (SSSR count). The second-order valence-corrected chi connectivity index (χ2v) is 8.72. The number of ether oxygens (including phenoxy) is 1. The summed E-state index contributed by atoms with van der Waals surface area (Å²) in [6, 6.07) is 8.14. The normalized spacial score (nSPS) is 26.5. The minimum atomic E-state index is -0.726. The van der Waals surface area contributed by atoms with E-state index in [2.05, 4.69) is 0 Å². The molecule has 2 aliphatic rings. The van der Waals surface area contributed by atoms with Crippen LogP contribution in [0.5, 0.6) is 0 Å². The van der Waals surface area contributed by atoms with Crippen molar-refractivity contribution >= 4 is 5.97 Å². The van der Waals surface area contributed by atoms with Crippen LogP contribution in [0.15, 0.2) is 30.1 Å². The molecule has 0 radical (unpaired) electrons. The molecule has 1 aromatic carbocycles. The van der Waals surface area contributed by atoms with Crippen LogP contribution in [0.1, 0.15) is 81.3 Å². The molecule has 0 aromatic heterocycles. The average Bonchev–Trinajstić information content (AvgIpc) is 2.79. The Balaban J connectivity index is 1.39. The van der Waals surface area contributed by atoms with Gasteiger partial charge < -0.3 is 4.74 Å². The molecule has 0 saturated heterocycles. The Morgan fingerprint density at radius 1 is 1.10 bits per heavy atom. The Hall–Kier alpha value is -2.73. The van der Waals surface area contributed by atoms with Gasteiger partial charge >= 0.3 is 5.97 Å². The zero-order chi connectivity index (χ0) is 22.2. The molecular weight excluding hydrogens is 398 g/mol. The first kappa shape index (κ1) is 22.9. The SMILES string of the molecule is N#CC(F)=CCC[C@H]1CC[C@H](C(=O)O[C@H]2CC[C@H](c3ccc(C#N)c(F)c3)CC2)CC1. The summed E-state index contributed by atoms with van der Waals surface area (Å²) < 4.78 is 32.5. The van der Waals surface area contributed by atoms with Crippen LogP contribution in [0.2, 0.25) is 0 Å². The maximum atomic E-state index is 13.9. The number of hydrogen-bond acceptors (Lipinski definition) is 4. The maximum Gasteiger partial charge on any atom is 0.309 e. The lowest BCUT2D eigenvalue weighted by molar-refractivity contribution is -0.157. The lowest BCUT2D eigenvalue weighted by atomic mass is 9.79. The number of allylic oxidation sites excluding steroid dienone is 2. The van der Waals surface area contributed by atoms with E-state index in [1.807, 2.05) is 12.1 Å². The average molecular weight is 427 g/mol. The van der Waals surface area contributed by atoms with Crippen LogP contribution in [-0.4, -0.2) is 12.1 Å². The molecule has 31 heavy (non-hydrogen) atoms. The Kier molecular flexibility index (Phi) is 8.18. The highest BCUT2D eigenvalue weighted by Gasteiger charge is 2.31. The molecule has 1 aromatic rings. The number of nitrogens with zero attached hydrogens (tertiary/aromatic N) is 2. The zero-order valence-corrected chi connectivity index (χ0v) is 17.7.